The van der Waals surface area contributed by atoms with Gasteiger partial charge in [0.15, 0.2) is 0 Å². The molecule has 1 aromatic heterocycles. The SMILES string of the molecule is Cl.c1csc(CN2CCC3(CCNCC3)C2)c1. The molecular weight excluding hydrogens is 252 g/mol. The van der Waals surface area contributed by atoms with Gasteiger partial charge in [-0.1, -0.05) is 6.07 Å². The van der Waals surface area contributed by atoms with Gasteiger partial charge in [0, 0.05) is 18.0 Å². The van der Waals surface area contributed by atoms with E-state index in [4.69, 9.17) is 0 Å². The van der Waals surface area contributed by atoms with E-state index >= 15 is 0 Å². The number of nitrogens with one attached hydrogen (secondary N) is 1. The van der Waals surface area contributed by atoms with Crippen LogP contribution in [-0.2, 0) is 6.54 Å². The van der Waals surface area contributed by atoms with Crippen LogP contribution >= 0.6 is 23.7 Å². The minimum Gasteiger partial charge on any atom is -0.317 e. The van der Waals surface area contributed by atoms with Crippen molar-refractivity contribution in [2.24, 2.45) is 5.41 Å². The Bertz CT molecular complexity index is 333. The Balaban J connectivity index is 0.00000108. The summed E-state index contributed by atoms with van der Waals surface area (Å²) in [6, 6.07) is 4.43. The number of hydrogen-bond acceptors (Lipinski definition) is 3. The van der Waals surface area contributed by atoms with E-state index in [-0.39, 0.29) is 12.4 Å². The molecule has 2 nitrogen and oxygen atoms in total. The predicted octanol–water partition coefficient (Wildman–Crippen LogP) is 2.75. The van der Waals surface area contributed by atoms with Gasteiger partial charge in [0.05, 0.1) is 0 Å². The van der Waals surface area contributed by atoms with E-state index in [0.717, 1.165) is 0 Å². The molecule has 0 atom stereocenters. The summed E-state index contributed by atoms with van der Waals surface area (Å²) < 4.78 is 0. The quantitative estimate of drug-likeness (QED) is 0.891. The molecule has 4 heteroatoms. The van der Waals surface area contributed by atoms with Gasteiger partial charge in [-0.15, -0.1) is 23.7 Å². The zero-order chi connectivity index (χ0) is 10.8. The minimum atomic E-state index is 0. The summed E-state index contributed by atoms with van der Waals surface area (Å²) in [5.74, 6) is 0. The molecule has 1 N–H and O–H groups in total. The van der Waals surface area contributed by atoms with Crippen LogP contribution in [0.15, 0.2) is 17.5 Å². The highest BCUT2D eigenvalue weighted by molar-refractivity contribution is 7.09. The van der Waals surface area contributed by atoms with Crippen LogP contribution in [0, 0.1) is 5.41 Å². The van der Waals surface area contributed by atoms with E-state index in [1.165, 1.54) is 56.9 Å². The summed E-state index contributed by atoms with van der Waals surface area (Å²) in [7, 11) is 0. The van der Waals surface area contributed by atoms with Gasteiger partial charge in [0.2, 0.25) is 0 Å². The Morgan fingerprint density at radius 2 is 2.12 bits per heavy atom. The summed E-state index contributed by atoms with van der Waals surface area (Å²) >= 11 is 1.89. The summed E-state index contributed by atoms with van der Waals surface area (Å²) in [4.78, 5) is 4.17. The Morgan fingerprint density at radius 1 is 1.29 bits per heavy atom. The van der Waals surface area contributed by atoms with Crippen LogP contribution in [0.4, 0.5) is 0 Å². The second kappa shape index (κ2) is 5.70. The first-order valence-electron chi connectivity index (χ1n) is 6.32. The molecule has 2 aliphatic heterocycles. The van der Waals surface area contributed by atoms with Crippen LogP contribution in [0.5, 0.6) is 0 Å². The highest BCUT2D eigenvalue weighted by Gasteiger charge is 2.38. The molecule has 0 unspecified atom stereocenters. The molecule has 17 heavy (non-hydrogen) atoms. The summed E-state index contributed by atoms with van der Waals surface area (Å²) in [6.45, 7) is 6.26. The monoisotopic (exact) mass is 272 g/mol. The van der Waals surface area contributed by atoms with Crippen LogP contribution in [0.2, 0.25) is 0 Å². The first-order valence-corrected chi connectivity index (χ1v) is 7.20. The van der Waals surface area contributed by atoms with Gasteiger partial charge in [-0.05, 0) is 55.8 Å². The number of thiophene rings is 1. The summed E-state index contributed by atoms with van der Waals surface area (Å²) in [6.07, 6.45) is 4.18. The number of likely N-dealkylation sites (tertiary alicyclic amines) is 1. The number of rotatable bonds is 2. The minimum absolute atomic E-state index is 0. The fourth-order valence-corrected chi connectivity index (χ4v) is 3.90. The Labute approximate surface area is 114 Å². The zero-order valence-corrected chi connectivity index (χ0v) is 11.8. The molecule has 2 fully saturated rings. The lowest BCUT2D eigenvalue weighted by Crippen LogP contribution is -2.38. The smallest absolute Gasteiger partial charge is 0.0328 e. The van der Waals surface area contributed by atoms with Crippen LogP contribution in [0.25, 0.3) is 0 Å². The van der Waals surface area contributed by atoms with E-state index in [1.807, 2.05) is 11.3 Å². The molecule has 96 valence electrons. The van der Waals surface area contributed by atoms with E-state index in [0.29, 0.717) is 5.41 Å². The lowest BCUT2D eigenvalue weighted by Gasteiger charge is -2.33. The number of hydrogen-bond donors (Lipinski definition) is 1. The Morgan fingerprint density at radius 3 is 2.82 bits per heavy atom. The maximum Gasteiger partial charge on any atom is 0.0328 e. The van der Waals surface area contributed by atoms with E-state index < -0.39 is 0 Å². The van der Waals surface area contributed by atoms with Gasteiger partial charge in [0.25, 0.3) is 0 Å². The van der Waals surface area contributed by atoms with Crippen LogP contribution in [0.3, 0.4) is 0 Å². The first-order chi connectivity index (χ1) is 7.86. The molecule has 1 aromatic rings. The highest BCUT2D eigenvalue weighted by Crippen LogP contribution is 2.39. The van der Waals surface area contributed by atoms with Gasteiger partial charge < -0.3 is 5.32 Å². The Kier molecular flexibility index (Phi) is 4.47. The zero-order valence-electron chi connectivity index (χ0n) is 10.2. The summed E-state index contributed by atoms with van der Waals surface area (Å²) in [5.41, 5.74) is 0.655. The summed E-state index contributed by atoms with van der Waals surface area (Å²) in [5, 5.41) is 5.67. The molecule has 0 amide bonds. The standard InChI is InChI=1S/C13H20N2S.ClH/c1-2-12(16-9-1)10-15-8-5-13(11-15)3-6-14-7-4-13;/h1-2,9,14H,3-8,10-11H2;1H. The predicted molar refractivity (Wildman–Crippen MR) is 76.0 cm³/mol. The van der Waals surface area contributed by atoms with Gasteiger partial charge in [0.1, 0.15) is 0 Å². The van der Waals surface area contributed by atoms with Crippen molar-refractivity contribution in [2.75, 3.05) is 26.2 Å². The second-order valence-electron chi connectivity index (χ2n) is 5.29. The lowest BCUT2D eigenvalue weighted by molar-refractivity contribution is 0.194. The Hall–Kier alpha value is -0.0900. The average molecular weight is 273 g/mol. The number of nitrogens with zero attached hydrogens (tertiary/aromatic N) is 1. The number of halogens is 1. The van der Waals surface area contributed by atoms with Gasteiger partial charge >= 0.3 is 0 Å². The van der Waals surface area contributed by atoms with Crippen molar-refractivity contribution in [3.63, 3.8) is 0 Å². The van der Waals surface area contributed by atoms with Crippen molar-refractivity contribution in [1.29, 1.82) is 0 Å². The van der Waals surface area contributed by atoms with Crippen LogP contribution < -0.4 is 5.32 Å². The molecule has 1 spiro atoms. The molecule has 0 radical (unpaired) electrons. The second-order valence-corrected chi connectivity index (χ2v) is 6.32. The van der Waals surface area contributed by atoms with E-state index in [9.17, 15) is 0 Å². The molecule has 2 aliphatic rings. The molecule has 0 saturated carbocycles. The third-order valence-corrected chi connectivity index (χ3v) is 5.00. The van der Waals surface area contributed by atoms with Crippen molar-refractivity contribution in [1.82, 2.24) is 10.2 Å². The molecular formula is C13H21ClN2S. The van der Waals surface area contributed by atoms with Crippen molar-refractivity contribution >= 4 is 23.7 Å². The van der Waals surface area contributed by atoms with Crippen molar-refractivity contribution in [3.8, 4) is 0 Å². The van der Waals surface area contributed by atoms with Crippen LogP contribution in [0.1, 0.15) is 24.1 Å². The topological polar surface area (TPSA) is 15.3 Å². The van der Waals surface area contributed by atoms with Crippen molar-refractivity contribution < 1.29 is 0 Å². The maximum absolute atomic E-state index is 3.48. The van der Waals surface area contributed by atoms with E-state index in [2.05, 4.69) is 27.7 Å². The lowest BCUT2D eigenvalue weighted by atomic mass is 9.78. The third kappa shape index (κ3) is 3.02. The first kappa shape index (κ1) is 13.3. The van der Waals surface area contributed by atoms with Crippen molar-refractivity contribution in [3.05, 3.63) is 22.4 Å². The maximum atomic E-state index is 3.48. The highest BCUT2D eigenvalue weighted by atomic mass is 35.5. The van der Waals surface area contributed by atoms with Crippen LogP contribution in [-0.4, -0.2) is 31.1 Å². The molecule has 0 aromatic carbocycles. The molecule has 3 heterocycles. The molecule has 0 aliphatic carbocycles. The fraction of sp³-hybridized carbons (Fsp3) is 0.692. The average Bonchev–Trinajstić information content (AvgIpc) is 2.92. The van der Waals surface area contributed by atoms with E-state index in [1.54, 1.807) is 0 Å². The molecule has 2 saturated heterocycles. The fourth-order valence-electron chi connectivity index (χ4n) is 3.15. The number of piperidine rings is 1. The van der Waals surface area contributed by atoms with Crippen molar-refractivity contribution in [2.45, 2.75) is 25.8 Å². The van der Waals surface area contributed by atoms with Gasteiger partial charge in [-0.2, -0.15) is 0 Å². The third-order valence-electron chi connectivity index (χ3n) is 4.14. The molecule has 0 bridgehead atoms. The van der Waals surface area contributed by atoms with Gasteiger partial charge in [-0.3, -0.25) is 4.90 Å². The normalized spacial score (nSPS) is 23.8. The largest absolute Gasteiger partial charge is 0.317 e. The molecule has 3 rings (SSSR count). The van der Waals surface area contributed by atoms with Gasteiger partial charge in [-0.25, -0.2) is 0 Å².